The number of halogens is 1. The maximum atomic E-state index is 13.4. The quantitative estimate of drug-likeness (QED) is 0.539. The number of hydrogen-bond donors (Lipinski definition) is 0. The van der Waals surface area contributed by atoms with Crippen molar-refractivity contribution in [3.8, 4) is 0 Å². The topological polar surface area (TPSA) is 43.9 Å². The maximum absolute atomic E-state index is 13.4. The van der Waals surface area contributed by atoms with Crippen molar-refractivity contribution in [2.45, 2.75) is 32.4 Å². The number of nitrogens with zero attached hydrogens (tertiary/aromatic N) is 3. The predicted octanol–water partition coefficient (Wildman–Crippen LogP) is 4.52. The molecule has 2 atom stereocenters. The summed E-state index contributed by atoms with van der Waals surface area (Å²) in [6.07, 6.45) is 0.957. The summed E-state index contributed by atoms with van der Waals surface area (Å²) in [7, 11) is 0. The van der Waals surface area contributed by atoms with Crippen LogP contribution in [0.25, 0.3) is 0 Å². The third-order valence-electron chi connectivity index (χ3n) is 7.22. The molecular weight excluding hydrogens is 461 g/mol. The number of hydrogen-bond acceptors (Lipinski definition) is 4. The lowest BCUT2D eigenvalue weighted by Gasteiger charge is -2.42. The van der Waals surface area contributed by atoms with Crippen molar-refractivity contribution in [1.82, 2.24) is 14.7 Å². The Bertz CT molecular complexity index is 1220. The Balaban J connectivity index is 1.28. The Morgan fingerprint density at radius 2 is 1.77 bits per heavy atom. The van der Waals surface area contributed by atoms with Gasteiger partial charge >= 0.3 is 0 Å². The molecule has 3 aromatic rings. The van der Waals surface area contributed by atoms with Gasteiger partial charge in [0, 0.05) is 42.7 Å². The van der Waals surface area contributed by atoms with E-state index < -0.39 is 0 Å². The van der Waals surface area contributed by atoms with Gasteiger partial charge in [-0.15, -0.1) is 11.3 Å². The van der Waals surface area contributed by atoms with E-state index in [1.807, 2.05) is 11.8 Å². The number of carbonyl (C=O) groups is 2. The number of aryl methyl sites for hydroxylation is 1. The lowest BCUT2D eigenvalue weighted by Crippen LogP contribution is -2.57. The van der Waals surface area contributed by atoms with Gasteiger partial charge in [-0.25, -0.2) is 4.39 Å². The van der Waals surface area contributed by atoms with Gasteiger partial charge in [-0.2, -0.15) is 0 Å². The van der Waals surface area contributed by atoms with E-state index in [-0.39, 0.29) is 29.7 Å². The molecule has 35 heavy (non-hydrogen) atoms. The fraction of sp³-hybridized carbons (Fsp3) is 0.357. The third kappa shape index (κ3) is 4.75. The van der Waals surface area contributed by atoms with Crippen LogP contribution in [0.5, 0.6) is 0 Å². The van der Waals surface area contributed by atoms with Crippen molar-refractivity contribution in [1.29, 1.82) is 0 Å². The Morgan fingerprint density at radius 1 is 1.00 bits per heavy atom. The minimum absolute atomic E-state index is 0.0777. The summed E-state index contributed by atoms with van der Waals surface area (Å²) in [5.41, 5.74) is 4.27. The minimum atomic E-state index is -0.360. The van der Waals surface area contributed by atoms with E-state index >= 15 is 0 Å². The number of benzene rings is 2. The molecule has 0 bridgehead atoms. The summed E-state index contributed by atoms with van der Waals surface area (Å²) < 4.78 is 13.3. The summed E-state index contributed by atoms with van der Waals surface area (Å²) in [5, 5.41) is 2.15. The SMILES string of the molecule is Cc1ccccc1[C@H]1c2ccsc2CCN1CC(=O)N1CCN(C(=O)c2ccc(F)cc2)[C@@H](C)C1. The van der Waals surface area contributed by atoms with E-state index in [0.717, 1.165) is 13.0 Å². The number of piperazine rings is 1. The highest BCUT2D eigenvalue weighted by Crippen LogP contribution is 2.38. The largest absolute Gasteiger partial charge is 0.338 e. The molecule has 0 aliphatic carbocycles. The van der Waals surface area contributed by atoms with Gasteiger partial charge in [-0.3, -0.25) is 14.5 Å². The Labute approximate surface area is 209 Å². The number of fused-ring (bicyclic) bond motifs is 1. The summed E-state index contributed by atoms with van der Waals surface area (Å²) >= 11 is 1.80. The molecule has 1 aromatic heterocycles. The molecule has 5 rings (SSSR count). The van der Waals surface area contributed by atoms with Crippen LogP contribution in [0.1, 0.15) is 44.9 Å². The van der Waals surface area contributed by atoms with Crippen LogP contribution >= 0.6 is 11.3 Å². The molecule has 0 N–H and O–H groups in total. The van der Waals surface area contributed by atoms with Gasteiger partial charge in [0.05, 0.1) is 12.6 Å². The van der Waals surface area contributed by atoms with Gasteiger partial charge in [0.25, 0.3) is 5.91 Å². The van der Waals surface area contributed by atoms with Crippen LogP contribution in [-0.2, 0) is 11.2 Å². The van der Waals surface area contributed by atoms with Crippen LogP contribution in [0.15, 0.2) is 60.0 Å². The minimum Gasteiger partial charge on any atom is -0.338 e. The first-order chi connectivity index (χ1) is 16.9. The second kappa shape index (κ2) is 9.91. The van der Waals surface area contributed by atoms with Gasteiger partial charge in [0.1, 0.15) is 5.82 Å². The van der Waals surface area contributed by atoms with E-state index in [2.05, 4.69) is 47.5 Å². The predicted molar refractivity (Wildman–Crippen MR) is 136 cm³/mol. The van der Waals surface area contributed by atoms with Gasteiger partial charge in [-0.1, -0.05) is 24.3 Å². The van der Waals surface area contributed by atoms with Crippen molar-refractivity contribution in [2.75, 3.05) is 32.7 Å². The fourth-order valence-electron chi connectivity index (χ4n) is 5.31. The molecule has 1 saturated heterocycles. The molecule has 7 heteroatoms. The lowest BCUT2D eigenvalue weighted by atomic mass is 9.90. The average molecular weight is 492 g/mol. The van der Waals surface area contributed by atoms with Crippen LogP contribution in [0, 0.1) is 12.7 Å². The van der Waals surface area contributed by atoms with Gasteiger partial charge in [-0.05, 0) is 72.7 Å². The zero-order valence-corrected chi connectivity index (χ0v) is 20.9. The molecule has 0 spiro atoms. The van der Waals surface area contributed by atoms with E-state index in [1.54, 1.807) is 16.2 Å². The molecule has 2 aliphatic heterocycles. The first-order valence-electron chi connectivity index (χ1n) is 12.1. The van der Waals surface area contributed by atoms with Gasteiger partial charge in [0.2, 0.25) is 5.91 Å². The maximum Gasteiger partial charge on any atom is 0.254 e. The number of carbonyl (C=O) groups excluding carboxylic acids is 2. The van der Waals surface area contributed by atoms with Crippen LogP contribution < -0.4 is 0 Å². The van der Waals surface area contributed by atoms with Crippen molar-refractivity contribution in [3.05, 3.63) is 92.9 Å². The molecule has 182 valence electrons. The van der Waals surface area contributed by atoms with Crippen molar-refractivity contribution < 1.29 is 14.0 Å². The highest BCUT2D eigenvalue weighted by molar-refractivity contribution is 7.10. The Hall–Kier alpha value is -3.03. The normalized spacial score (nSPS) is 20.5. The second-order valence-electron chi connectivity index (χ2n) is 9.47. The molecule has 1 fully saturated rings. The van der Waals surface area contributed by atoms with Crippen LogP contribution in [0.4, 0.5) is 4.39 Å². The lowest BCUT2D eigenvalue weighted by molar-refractivity contribution is -0.135. The summed E-state index contributed by atoms with van der Waals surface area (Å²) in [6.45, 7) is 6.77. The molecule has 2 aromatic carbocycles. The highest BCUT2D eigenvalue weighted by atomic mass is 32.1. The smallest absolute Gasteiger partial charge is 0.254 e. The number of thiophene rings is 1. The van der Waals surface area contributed by atoms with E-state index in [9.17, 15) is 14.0 Å². The van der Waals surface area contributed by atoms with E-state index in [4.69, 9.17) is 0 Å². The molecule has 0 radical (unpaired) electrons. The van der Waals surface area contributed by atoms with Crippen LogP contribution in [0.3, 0.4) is 0 Å². The first-order valence-corrected chi connectivity index (χ1v) is 13.0. The third-order valence-corrected chi connectivity index (χ3v) is 8.22. The van der Waals surface area contributed by atoms with Crippen LogP contribution in [0.2, 0.25) is 0 Å². The Kier molecular flexibility index (Phi) is 6.71. The highest BCUT2D eigenvalue weighted by Gasteiger charge is 2.35. The van der Waals surface area contributed by atoms with Crippen molar-refractivity contribution >= 4 is 23.2 Å². The monoisotopic (exact) mass is 491 g/mol. The molecule has 0 saturated carbocycles. The van der Waals surface area contributed by atoms with E-state index in [1.165, 1.54) is 45.8 Å². The van der Waals surface area contributed by atoms with Gasteiger partial charge in [0.15, 0.2) is 0 Å². The van der Waals surface area contributed by atoms with Gasteiger partial charge < -0.3 is 9.80 Å². The van der Waals surface area contributed by atoms with E-state index in [0.29, 0.717) is 31.7 Å². The number of rotatable bonds is 4. The molecule has 2 amide bonds. The molecule has 0 unspecified atom stereocenters. The molecule has 2 aliphatic rings. The Morgan fingerprint density at radius 3 is 2.51 bits per heavy atom. The summed E-state index contributed by atoms with van der Waals surface area (Å²) in [6, 6.07) is 16.3. The molecular formula is C28H30FN3O2S. The summed E-state index contributed by atoms with van der Waals surface area (Å²) in [5.74, 6) is -0.380. The van der Waals surface area contributed by atoms with Crippen LogP contribution in [-0.4, -0.2) is 65.3 Å². The molecule has 3 heterocycles. The standard InChI is InChI=1S/C28H30FN3O2S/c1-19-5-3-4-6-23(19)27-24-12-16-35-25(24)11-13-31(27)18-26(33)30-14-15-32(20(2)17-30)28(34)21-7-9-22(29)10-8-21/h3-10,12,16,20,27H,11,13-15,17-18H2,1-2H3/t20-,27-/m0/s1. The first kappa shape index (κ1) is 23.7. The zero-order valence-electron chi connectivity index (χ0n) is 20.1. The van der Waals surface area contributed by atoms with Crippen molar-refractivity contribution in [3.63, 3.8) is 0 Å². The second-order valence-corrected chi connectivity index (χ2v) is 10.5. The summed E-state index contributed by atoms with van der Waals surface area (Å²) in [4.78, 5) is 33.8. The fourth-order valence-corrected chi connectivity index (χ4v) is 6.22. The van der Waals surface area contributed by atoms with Crippen molar-refractivity contribution in [2.24, 2.45) is 0 Å². The average Bonchev–Trinajstić information content (AvgIpc) is 3.33. The number of amides is 2. The zero-order chi connectivity index (χ0) is 24.5. The molecule has 5 nitrogen and oxygen atoms in total.